The van der Waals surface area contributed by atoms with Crippen molar-refractivity contribution >= 4 is 23.5 Å². The highest BCUT2D eigenvalue weighted by molar-refractivity contribution is 6.30. The largest absolute Gasteiger partial charge is 0.368 e. The third-order valence-corrected chi connectivity index (χ3v) is 4.85. The molecule has 0 unspecified atom stereocenters. The molecule has 0 bridgehead atoms. The molecule has 0 spiro atoms. The highest BCUT2D eigenvalue weighted by Crippen LogP contribution is 2.22. The van der Waals surface area contributed by atoms with E-state index in [1.807, 2.05) is 18.3 Å². The lowest BCUT2D eigenvalue weighted by Crippen LogP contribution is -2.44. The van der Waals surface area contributed by atoms with Crippen LogP contribution in [0.5, 0.6) is 0 Å². The number of hydrogen-bond donors (Lipinski definition) is 0. The molecule has 1 saturated heterocycles. The predicted molar refractivity (Wildman–Crippen MR) is 108 cm³/mol. The molecule has 2 aromatic rings. The van der Waals surface area contributed by atoms with Gasteiger partial charge in [0.25, 0.3) is 0 Å². The van der Waals surface area contributed by atoms with Gasteiger partial charge in [-0.1, -0.05) is 56.6 Å². The number of rotatable bonds is 3. The fraction of sp³-hybridized carbons (Fsp3) is 0.381. The van der Waals surface area contributed by atoms with E-state index < -0.39 is 0 Å². The Morgan fingerprint density at radius 1 is 0.880 bits per heavy atom. The Morgan fingerprint density at radius 2 is 1.48 bits per heavy atom. The van der Waals surface area contributed by atoms with Crippen LogP contribution in [0.1, 0.15) is 31.9 Å². The zero-order valence-corrected chi connectivity index (χ0v) is 16.0. The molecule has 1 aliphatic heterocycles. The summed E-state index contributed by atoms with van der Waals surface area (Å²) in [7, 11) is 0. The topological polar surface area (TPSA) is 18.8 Å². The molecule has 0 amide bonds. The van der Waals surface area contributed by atoms with Crippen molar-refractivity contribution in [1.82, 2.24) is 5.01 Å². The number of hydrazone groups is 1. The molecule has 0 aromatic heterocycles. The highest BCUT2D eigenvalue weighted by atomic mass is 35.5. The SMILES string of the molecule is CC(C)(C)c1ccc(/C=N/N2CCN(c3ccc(Cl)cc3)CC2)cc1. The Morgan fingerprint density at radius 3 is 2.04 bits per heavy atom. The van der Waals surface area contributed by atoms with Gasteiger partial charge in [0, 0.05) is 23.8 Å². The monoisotopic (exact) mass is 355 g/mol. The minimum atomic E-state index is 0.188. The van der Waals surface area contributed by atoms with Gasteiger partial charge in [0.1, 0.15) is 0 Å². The normalized spacial score (nSPS) is 15.8. The Bertz CT molecular complexity index is 706. The van der Waals surface area contributed by atoms with Gasteiger partial charge in [-0.25, -0.2) is 0 Å². The first-order valence-corrected chi connectivity index (χ1v) is 9.20. The molecule has 1 aliphatic rings. The van der Waals surface area contributed by atoms with Crippen LogP contribution in [0.2, 0.25) is 5.02 Å². The maximum absolute atomic E-state index is 5.96. The predicted octanol–water partition coefficient (Wildman–Crippen LogP) is 4.79. The fourth-order valence-corrected chi connectivity index (χ4v) is 3.06. The Labute approximate surface area is 155 Å². The number of benzene rings is 2. The lowest BCUT2D eigenvalue weighted by molar-refractivity contribution is 0.272. The van der Waals surface area contributed by atoms with Crippen molar-refractivity contribution in [2.45, 2.75) is 26.2 Å². The summed E-state index contributed by atoms with van der Waals surface area (Å²) >= 11 is 5.96. The summed E-state index contributed by atoms with van der Waals surface area (Å²) in [6, 6.07) is 16.7. The molecule has 3 rings (SSSR count). The molecule has 0 saturated carbocycles. The molecule has 2 aromatic carbocycles. The van der Waals surface area contributed by atoms with E-state index >= 15 is 0 Å². The summed E-state index contributed by atoms with van der Waals surface area (Å²) in [6.07, 6.45) is 1.96. The zero-order valence-electron chi connectivity index (χ0n) is 15.2. The second-order valence-electron chi connectivity index (χ2n) is 7.53. The van der Waals surface area contributed by atoms with E-state index in [1.165, 1.54) is 11.3 Å². The molecule has 1 heterocycles. The lowest BCUT2D eigenvalue weighted by Gasteiger charge is -2.34. The molecular formula is C21H26ClN3. The van der Waals surface area contributed by atoms with Crippen LogP contribution >= 0.6 is 11.6 Å². The molecule has 3 nitrogen and oxygen atoms in total. The molecule has 1 fully saturated rings. The van der Waals surface area contributed by atoms with Gasteiger partial charge in [0.15, 0.2) is 0 Å². The number of anilines is 1. The van der Waals surface area contributed by atoms with Crippen LogP contribution in [-0.4, -0.2) is 37.4 Å². The van der Waals surface area contributed by atoms with Gasteiger partial charge in [-0.3, -0.25) is 5.01 Å². The first-order valence-electron chi connectivity index (χ1n) is 8.82. The summed E-state index contributed by atoms with van der Waals surface area (Å²) in [5, 5.41) is 7.57. The quantitative estimate of drug-likeness (QED) is 0.737. The molecule has 4 heteroatoms. The van der Waals surface area contributed by atoms with Gasteiger partial charge in [-0.15, -0.1) is 0 Å². The van der Waals surface area contributed by atoms with E-state index in [-0.39, 0.29) is 5.41 Å². The van der Waals surface area contributed by atoms with Gasteiger partial charge in [0.05, 0.1) is 19.3 Å². The summed E-state index contributed by atoms with van der Waals surface area (Å²) in [5.41, 5.74) is 3.91. The van der Waals surface area contributed by atoms with Crippen LogP contribution in [-0.2, 0) is 5.41 Å². The summed E-state index contributed by atoms with van der Waals surface area (Å²) in [5.74, 6) is 0. The van der Waals surface area contributed by atoms with Crippen molar-refractivity contribution in [3.05, 3.63) is 64.7 Å². The van der Waals surface area contributed by atoms with Gasteiger partial charge < -0.3 is 4.90 Å². The van der Waals surface area contributed by atoms with Gasteiger partial charge in [0.2, 0.25) is 0 Å². The zero-order chi connectivity index (χ0) is 17.9. The lowest BCUT2D eigenvalue weighted by atomic mass is 9.87. The molecule has 0 atom stereocenters. The van der Waals surface area contributed by atoms with Crippen molar-refractivity contribution in [1.29, 1.82) is 0 Å². The maximum atomic E-state index is 5.96. The number of halogens is 1. The van der Waals surface area contributed by atoms with E-state index in [2.05, 4.69) is 72.2 Å². The maximum Gasteiger partial charge on any atom is 0.0542 e. The van der Waals surface area contributed by atoms with Gasteiger partial charge in [-0.05, 0) is 40.8 Å². The van der Waals surface area contributed by atoms with E-state index in [1.54, 1.807) is 0 Å². The third kappa shape index (κ3) is 4.76. The van der Waals surface area contributed by atoms with Crippen LogP contribution in [0, 0.1) is 0 Å². The van der Waals surface area contributed by atoms with Crippen molar-refractivity contribution in [2.24, 2.45) is 5.10 Å². The summed E-state index contributed by atoms with van der Waals surface area (Å²) in [6.45, 7) is 10.5. The van der Waals surface area contributed by atoms with E-state index in [4.69, 9.17) is 11.6 Å². The highest BCUT2D eigenvalue weighted by Gasteiger charge is 2.16. The smallest absolute Gasteiger partial charge is 0.0542 e. The second-order valence-corrected chi connectivity index (χ2v) is 7.97. The molecule has 0 aliphatic carbocycles. The van der Waals surface area contributed by atoms with Gasteiger partial charge in [-0.2, -0.15) is 5.10 Å². The Hall–Kier alpha value is -2.00. The average Bonchev–Trinajstić information content (AvgIpc) is 2.61. The number of nitrogens with zero attached hydrogens (tertiary/aromatic N) is 3. The molecule has 0 N–H and O–H groups in total. The van der Waals surface area contributed by atoms with Gasteiger partial charge >= 0.3 is 0 Å². The molecule has 132 valence electrons. The van der Waals surface area contributed by atoms with Crippen LogP contribution in [0.15, 0.2) is 53.6 Å². The van der Waals surface area contributed by atoms with Crippen molar-refractivity contribution in [2.75, 3.05) is 31.1 Å². The van der Waals surface area contributed by atoms with E-state index in [0.717, 1.165) is 36.8 Å². The summed E-state index contributed by atoms with van der Waals surface area (Å²) < 4.78 is 0. The van der Waals surface area contributed by atoms with Crippen LogP contribution in [0.4, 0.5) is 5.69 Å². The van der Waals surface area contributed by atoms with Crippen molar-refractivity contribution in [3.8, 4) is 0 Å². The van der Waals surface area contributed by atoms with Crippen LogP contribution in [0.3, 0.4) is 0 Å². The molecular weight excluding hydrogens is 330 g/mol. The van der Waals surface area contributed by atoms with Crippen LogP contribution in [0.25, 0.3) is 0 Å². The molecule has 25 heavy (non-hydrogen) atoms. The average molecular weight is 356 g/mol. The number of piperazine rings is 1. The number of hydrogen-bond acceptors (Lipinski definition) is 3. The summed E-state index contributed by atoms with van der Waals surface area (Å²) in [4.78, 5) is 2.38. The van der Waals surface area contributed by atoms with E-state index in [0.29, 0.717) is 0 Å². The second kappa shape index (κ2) is 7.49. The first kappa shape index (κ1) is 17.8. The first-order chi connectivity index (χ1) is 11.9. The fourth-order valence-electron chi connectivity index (χ4n) is 2.94. The standard InChI is InChI=1S/C21H26ClN3/c1-21(2,3)18-6-4-17(5-7-18)16-23-25-14-12-24(13-15-25)20-10-8-19(22)9-11-20/h4-11,16H,12-15H2,1-3H3/b23-16+. The minimum absolute atomic E-state index is 0.188. The van der Waals surface area contributed by atoms with Crippen molar-refractivity contribution < 1.29 is 0 Å². The van der Waals surface area contributed by atoms with Crippen molar-refractivity contribution in [3.63, 3.8) is 0 Å². The van der Waals surface area contributed by atoms with E-state index in [9.17, 15) is 0 Å². The van der Waals surface area contributed by atoms with Crippen LogP contribution < -0.4 is 4.90 Å². The Kier molecular flexibility index (Phi) is 5.33. The minimum Gasteiger partial charge on any atom is -0.368 e. The molecule has 0 radical (unpaired) electrons. The third-order valence-electron chi connectivity index (χ3n) is 4.59. The Balaban J connectivity index is 1.55.